The van der Waals surface area contributed by atoms with E-state index >= 15 is 0 Å². The minimum atomic E-state index is -1.72. The second-order valence-corrected chi connectivity index (χ2v) is 9.55. The molecule has 5 rings (SSSR count). The molecule has 1 heterocycles. The summed E-state index contributed by atoms with van der Waals surface area (Å²) in [6.07, 6.45) is 4.77. The van der Waals surface area contributed by atoms with Crippen LogP contribution in [0.1, 0.15) is 23.1 Å². The zero-order chi connectivity index (χ0) is 26.3. The molecule has 1 unspecified atom stereocenters. The number of phenolic OH excluding ortho intramolecular Hbond substituents is 1. The van der Waals surface area contributed by atoms with Crippen LogP contribution in [0, 0.1) is 13.8 Å². The molecule has 8 heteroatoms. The molecule has 0 spiro atoms. The second-order valence-electron chi connectivity index (χ2n) is 9.11. The van der Waals surface area contributed by atoms with Crippen molar-refractivity contribution >= 4 is 39.7 Å². The van der Waals surface area contributed by atoms with Crippen LogP contribution in [0.25, 0.3) is 22.2 Å². The number of benzene rings is 3. The monoisotopic (exact) mass is 513 g/mol. The van der Waals surface area contributed by atoms with Gasteiger partial charge in [0.05, 0.1) is 5.52 Å². The number of halogens is 1. The molecule has 3 aromatic carbocycles. The SMILES string of the molecule is Cc1ccc(-n2c(O)c(N=NC3(C(=O)O)C=CC=C(c4ccccc4O)C3)c3ccc(Cl)cc32)cc1C. The van der Waals surface area contributed by atoms with E-state index in [-0.39, 0.29) is 23.7 Å². The van der Waals surface area contributed by atoms with E-state index in [4.69, 9.17) is 11.6 Å². The fourth-order valence-electron chi connectivity index (χ4n) is 4.51. The highest BCUT2D eigenvalue weighted by molar-refractivity contribution is 6.31. The summed E-state index contributed by atoms with van der Waals surface area (Å²) in [4.78, 5) is 12.5. The van der Waals surface area contributed by atoms with Gasteiger partial charge in [-0.1, -0.05) is 48.0 Å². The smallest absolute Gasteiger partial charge is 0.337 e. The third-order valence-corrected chi connectivity index (χ3v) is 6.94. The van der Waals surface area contributed by atoms with E-state index in [1.165, 1.54) is 6.08 Å². The van der Waals surface area contributed by atoms with Crippen molar-refractivity contribution in [3.63, 3.8) is 0 Å². The molecule has 0 saturated heterocycles. The molecule has 37 heavy (non-hydrogen) atoms. The predicted octanol–water partition coefficient (Wildman–Crippen LogP) is 7.26. The van der Waals surface area contributed by atoms with Crippen LogP contribution in [-0.4, -0.2) is 31.4 Å². The Hall–Kier alpha value is -4.36. The van der Waals surface area contributed by atoms with Crippen LogP contribution >= 0.6 is 11.6 Å². The van der Waals surface area contributed by atoms with Gasteiger partial charge in [0.25, 0.3) is 0 Å². The lowest BCUT2D eigenvalue weighted by Crippen LogP contribution is -2.35. The van der Waals surface area contributed by atoms with Crippen molar-refractivity contribution in [2.24, 2.45) is 10.2 Å². The molecule has 0 aliphatic heterocycles. The molecule has 0 saturated carbocycles. The van der Waals surface area contributed by atoms with Crippen LogP contribution in [0.4, 0.5) is 5.69 Å². The highest BCUT2D eigenvalue weighted by atomic mass is 35.5. The Labute approximate surface area is 218 Å². The van der Waals surface area contributed by atoms with Gasteiger partial charge in [-0.3, -0.25) is 4.57 Å². The number of carbonyl (C=O) groups is 1. The summed E-state index contributed by atoms with van der Waals surface area (Å²) in [5, 5.41) is 41.4. The number of hydrogen-bond donors (Lipinski definition) is 3. The Morgan fingerprint density at radius 2 is 1.81 bits per heavy atom. The summed E-state index contributed by atoms with van der Waals surface area (Å²) in [5.74, 6) is -1.33. The average Bonchev–Trinajstić information content (AvgIpc) is 3.15. The molecule has 0 fully saturated rings. The molecule has 1 aliphatic rings. The third kappa shape index (κ3) is 4.27. The van der Waals surface area contributed by atoms with Crippen LogP contribution in [0.5, 0.6) is 11.6 Å². The largest absolute Gasteiger partial charge is 0.507 e. The number of nitrogens with zero attached hydrogens (tertiary/aromatic N) is 3. The van der Waals surface area contributed by atoms with Gasteiger partial charge in [0.1, 0.15) is 5.75 Å². The Balaban J connectivity index is 1.62. The molecule has 0 amide bonds. The molecule has 4 aromatic rings. The number of carboxylic acid groups (broad SMARTS) is 1. The van der Waals surface area contributed by atoms with Gasteiger partial charge in [-0.05, 0) is 73.0 Å². The first-order chi connectivity index (χ1) is 17.7. The number of aromatic nitrogens is 1. The van der Waals surface area contributed by atoms with E-state index in [1.807, 2.05) is 32.0 Å². The van der Waals surface area contributed by atoms with Crippen LogP contribution in [0.15, 0.2) is 89.1 Å². The Morgan fingerprint density at radius 1 is 1.03 bits per heavy atom. The number of phenols is 1. The first kappa shape index (κ1) is 24.3. The molecule has 1 atom stereocenters. The van der Waals surface area contributed by atoms with Gasteiger partial charge in [-0.2, -0.15) is 5.11 Å². The minimum Gasteiger partial charge on any atom is -0.507 e. The molecule has 7 nitrogen and oxygen atoms in total. The highest BCUT2D eigenvalue weighted by Gasteiger charge is 2.39. The number of azo groups is 1. The number of carboxylic acids is 1. The molecule has 0 bridgehead atoms. The van der Waals surface area contributed by atoms with Gasteiger partial charge in [-0.25, -0.2) is 4.79 Å². The fourth-order valence-corrected chi connectivity index (χ4v) is 4.68. The number of aromatic hydroxyl groups is 2. The zero-order valence-corrected chi connectivity index (χ0v) is 20.9. The lowest BCUT2D eigenvalue weighted by molar-refractivity contribution is -0.141. The van der Waals surface area contributed by atoms with Gasteiger partial charge in [0, 0.05) is 28.1 Å². The van der Waals surface area contributed by atoms with Crippen molar-refractivity contribution in [2.75, 3.05) is 0 Å². The summed E-state index contributed by atoms with van der Waals surface area (Å²) < 4.78 is 1.62. The number of rotatable bonds is 5. The number of fused-ring (bicyclic) bond motifs is 1. The summed E-state index contributed by atoms with van der Waals surface area (Å²) in [6.45, 7) is 3.99. The van der Waals surface area contributed by atoms with Crippen molar-refractivity contribution in [2.45, 2.75) is 25.8 Å². The maximum atomic E-state index is 12.5. The van der Waals surface area contributed by atoms with E-state index in [0.717, 1.165) is 11.1 Å². The summed E-state index contributed by atoms with van der Waals surface area (Å²) in [6, 6.07) is 17.6. The molecule has 1 aliphatic carbocycles. The molecule has 0 radical (unpaired) electrons. The van der Waals surface area contributed by atoms with Crippen LogP contribution < -0.4 is 0 Å². The zero-order valence-electron chi connectivity index (χ0n) is 20.2. The molecule has 1 aromatic heterocycles. The van der Waals surface area contributed by atoms with Gasteiger partial charge in [0.2, 0.25) is 11.4 Å². The minimum absolute atomic E-state index is 0.0255. The lowest BCUT2D eigenvalue weighted by atomic mass is 9.84. The number of aliphatic carboxylic acids is 1. The van der Waals surface area contributed by atoms with Crippen molar-refractivity contribution in [3.8, 4) is 17.3 Å². The van der Waals surface area contributed by atoms with Crippen LogP contribution in [-0.2, 0) is 4.79 Å². The van der Waals surface area contributed by atoms with Crippen molar-refractivity contribution < 1.29 is 20.1 Å². The summed E-state index contributed by atoms with van der Waals surface area (Å²) in [7, 11) is 0. The number of aryl methyl sites for hydroxylation is 2. The molecular weight excluding hydrogens is 490 g/mol. The van der Waals surface area contributed by atoms with Crippen LogP contribution in [0.2, 0.25) is 5.02 Å². The Bertz CT molecular complexity index is 1650. The number of hydrogen-bond acceptors (Lipinski definition) is 5. The maximum Gasteiger partial charge on any atom is 0.337 e. The van der Waals surface area contributed by atoms with Gasteiger partial charge >= 0.3 is 5.97 Å². The lowest BCUT2D eigenvalue weighted by Gasteiger charge is -2.25. The van der Waals surface area contributed by atoms with Gasteiger partial charge in [0.15, 0.2) is 5.69 Å². The summed E-state index contributed by atoms with van der Waals surface area (Å²) in [5.41, 5.74) is 3.03. The fraction of sp³-hybridized carbons (Fsp3) is 0.138. The highest BCUT2D eigenvalue weighted by Crippen LogP contribution is 2.44. The van der Waals surface area contributed by atoms with Crippen LogP contribution in [0.3, 0.4) is 0 Å². The van der Waals surface area contributed by atoms with Crippen molar-refractivity contribution in [3.05, 3.63) is 101 Å². The molecule has 3 N–H and O–H groups in total. The van der Waals surface area contributed by atoms with E-state index in [2.05, 4.69) is 10.2 Å². The number of para-hydroxylation sites is 1. The van der Waals surface area contributed by atoms with Gasteiger partial charge < -0.3 is 15.3 Å². The first-order valence-electron chi connectivity index (χ1n) is 11.6. The normalized spacial score (nSPS) is 17.4. The van der Waals surface area contributed by atoms with E-state index in [9.17, 15) is 20.1 Å². The standard InChI is InChI=1S/C29H24ClN3O4/c1-17-9-11-21(14-18(17)2)33-24-15-20(30)10-12-23(24)26(27(33)35)31-32-29(28(36)37)13-5-6-19(16-29)22-7-3-4-8-25(22)34/h3-15,34-35H,16H2,1-2H3,(H,36,37). The summed E-state index contributed by atoms with van der Waals surface area (Å²) >= 11 is 6.28. The molecule has 186 valence electrons. The van der Waals surface area contributed by atoms with Crippen molar-refractivity contribution in [1.82, 2.24) is 4.57 Å². The maximum absolute atomic E-state index is 12.5. The van der Waals surface area contributed by atoms with E-state index < -0.39 is 11.5 Å². The third-order valence-electron chi connectivity index (χ3n) is 6.71. The number of allylic oxidation sites excluding steroid dienone is 2. The molecular formula is C29H24ClN3O4. The first-order valence-corrected chi connectivity index (χ1v) is 12.0. The topological polar surface area (TPSA) is 107 Å². The van der Waals surface area contributed by atoms with Crippen molar-refractivity contribution in [1.29, 1.82) is 0 Å². The second kappa shape index (κ2) is 9.26. The van der Waals surface area contributed by atoms with Gasteiger partial charge in [-0.15, -0.1) is 5.11 Å². The van der Waals surface area contributed by atoms with E-state index in [1.54, 1.807) is 59.2 Å². The Morgan fingerprint density at radius 3 is 2.54 bits per heavy atom. The van der Waals surface area contributed by atoms with E-state index in [0.29, 0.717) is 32.7 Å². The average molecular weight is 514 g/mol. The predicted molar refractivity (Wildman–Crippen MR) is 144 cm³/mol. The Kier molecular flexibility index (Phi) is 6.09. The quantitative estimate of drug-likeness (QED) is 0.244.